The van der Waals surface area contributed by atoms with E-state index in [1.807, 2.05) is 46.1 Å². The molecule has 3 rings (SSSR count). The van der Waals surface area contributed by atoms with Crippen LogP contribution in [0.4, 0.5) is 17.1 Å². The van der Waals surface area contributed by atoms with Crippen molar-refractivity contribution in [2.45, 2.75) is 13.8 Å². The summed E-state index contributed by atoms with van der Waals surface area (Å²) in [5.74, 6) is 0.863. The molecule has 0 aliphatic rings. The number of anilines is 3. The Morgan fingerprint density at radius 1 is 1.04 bits per heavy atom. The summed E-state index contributed by atoms with van der Waals surface area (Å²) in [6, 6.07) is 16.5. The molecule has 0 amide bonds. The summed E-state index contributed by atoms with van der Waals surface area (Å²) in [6.45, 7) is 4.65. The van der Waals surface area contributed by atoms with Gasteiger partial charge in [0.15, 0.2) is 0 Å². The standard InChI is InChI=1S/C20H23N3O.ClH/c1-5-24-17-10-11-19-18(13-17)20(12-14(2)21-19)22-15-6-8-16(9-7-15)23(3)4;/h6-13H,5H2,1-4H3,(H,21,22);1H. The number of halogens is 1. The summed E-state index contributed by atoms with van der Waals surface area (Å²) >= 11 is 0. The number of nitrogens with zero attached hydrogens (tertiary/aromatic N) is 2. The maximum atomic E-state index is 5.63. The minimum Gasteiger partial charge on any atom is -0.494 e. The summed E-state index contributed by atoms with van der Waals surface area (Å²) < 4.78 is 5.63. The number of hydrogen-bond acceptors (Lipinski definition) is 4. The molecule has 2 aromatic carbocycles. The van der Waals surface area contributed by atoms with E-state index in [9.17, 15) is 0 Å². The number of pyridine rings is 1. The Kier molecular flexibility index (Phi) is 6.10. The van der Waals surface area contributed by atoms with Crippen molar-refractivity contribution >= 4 is 40.4 Å². The maximum absolute atomic E-state index is 5.63. The van der Waals surface area contributed by atoms with Crippen LogP contribution in [0.2, 0.25) is 0 Å². The number of hydrogen-bond donors (Lipinski definition) is 1. The van der Waals surface area contributed by atoms with Gasteiger partial charge in [-0.25, -0.2) is 0 Å². The monoisotopic (exact) mass is 357 g/mol. The second-order valence-electron chi connectivity index (χ2n) is 5.99. The average Bonchev–Trinajstić information content (AvgIpc) is 2.56. The first-order chi connectivity index (χ1) is 11.6. The van der Waals surface area contributed by atoms with Crippen molar-refractivity contribution in [3.05, 3.63) is 54.2 Å². The molecular weight excluding hydrogens is 334 g/mol. The molecule has 5 heteroatoms. The van der Waals surface area contributed by atoms with Crippen LogP contribution in [0.25, 0.3) is 10.9 Å². The van der Waals surface area contributed by atoms with Crippen LogP contribution in [0, 0.1) is 6.92 Å². The molecule has 0 aliphatic carbocycles. The van der Waals surface area contributed by atoms with Crippen molar-refractivity contribution in [2.75, 3.05) is 30.9 Å². The van der Waals surface area contributed by atoms with Gasteiger partial charge in [0.1, 0.15) is 5.75 Å². The van der Waals surface area contributed by atoms with Gasteiger partial charge in [-0.05, 0) is 62.4 Å². The van der Waals surface area contributed by atoms with Crippen molar-refractivity contribution < 1.29 is 4.74 Å². The first-order valence-corrected chi connectivity index (χ1v) is 8.15. The fraction of sp³-hybridized carbons (Fsp3) is 0.250. The van der Waals surface area contributed by atoms with Crippen LogP contribution >= 0.6 is 12.4 Å². The van der Waals surface area contributed by atoms with Gasteiger partial charge < -0.3 is 15.0 Å². The Labute approximate surface area is 155 Å². The van der Waals surface area contributed by atoms with Crippen LogP contribution < -0.4 is 15.0 Å². The first kappa shape index (κ1) is 18.9. The third-order valence-electron chi connectivity index (χ3n) is 3.88. The van der Waals surface area contributed by atoms with Gasteiger partial charge in [-0.3, -0.25) is 4.98 Å². The zero-order valence-corrected chi connectivity index (χ0v) is 15.9. The lowest BCUT2D eigenvalue weighted by Gasteiger charge is -2.15. The molecule has 0 aliphatic heterocycles. The Balaban J connectivity index is 0.00000225. The SMILES string of the molecule is CCOc1ccc2nc(C)cc(Nc3ccc(N(C)C)cc3)c2c1.Cl. The number of aryl methyl sites for hydroxylation is 1. The van der Waals surface area contributed by atoms with Crippen molar-refractivity contribution in [3.8, 4) is 5.75 Å². The molecule has 0 spiro atoms. The van der Waals surface area contributed by atoms with Crippen LogP contribution in [0.1, 0.15) is 12.6 Å². The number of aromatic nitrogens is 1. The molecule has 0 saturated carbocycles. The van der Waals surface area contributed by atoms with E-state index in [4.69, 9.17) is 4.74 Å². The summed E-state index contributed by atoms with van der Waals surface area (Å²) in [5, 5.41) is 4.57. The van der Waals surface area contributed by atoms with E-state index in [2.05, 4.69) is 45.5 Å². The molecule has 0 saturated heterocycles. The Bertz CT molecular complexity index is 847. The molecule has 0 unspecified atom stereocenters. The summed E-state index contributed by atoms with van der Waals surface area (Å²) in [4.78, 5) is 6.70. The minimum atomic E-state index is 0. The van der Waals surface area contributed by atoms with E-state index >= 15 is 0 Å². The Morgan fingerprint density at radius 3 is 2.40 bits per heavy atom. The van der Waals surface area contributed by atoms with Gasteiger partial charge >= 0.3 is 0 Å². The molecule has 0 radical (unpaired) electrons. The van der Waals surface area contributed by atoms with E-state index in [0.717, 1.165) is 33.7 Å². The predicted octanol–water partition coefficient (Wildman–Crippen LogP) is 5.17. The van der Waals surface area contributed by atoms with E-state index in [1.165, 1.54) is 5.69 Å². The zero-order chi connectivity index (χ0) is 17.1. The Hall–Kier alpha value is -2.46. The quantitative estimate of drug-likeness (QED) is 0.683. The maximum Gasteiger partial charge on any atom is 0.120 e. The lowest BCUT2D eigenvalue weighted by atomic mass is 10.1. The van der Waals surface area contributed by atoms with Crippen molar-refractivity contribution in [3.63, 3.8) is 0 Å². The largest absolute Gasteiger partial charge is 0.494 e. The molecule has 0 atom stereocenters. The number of nitrogens with one attached hydrogen (secondary N) is 1. The molecule has 0 bridgehead atoms. The molecule has 0 fully saturated rings. The van der Waals surface area contributed by atoms with E-state index in [0.29, 0.717) is 6.61 Å². The highest BCUT2D eigenvalue weighted by molar-refractivity contribution is 5.94. The summed E-state index contributed by atoms with van der Waals surface area (Å²) in [6.07, 6.45) is 0. The second-order valence-corrected chi connectivity index (χ2v) is 5.99. The van der Waals surface area contributed by atoms with Crippen molar-refractivity contribution in [1.82, 2.24) is 4.98 Å². The van der Waals surface area contributed by atoms with Gasteiger partial charge in [-0.1, -0.05) is 0 Å². The second kappa shape index (κ2) is 8.08. The fourth-order valence-corrected chi connectivity index (χ4v) is 2.70. The van der Waals surface area contributed by atoms with Crippen LogP contribution in [0.5, 0.6) is 5.75 Å². The van der Waals surface area contributed by atoms with Gasteiger partial charge in [0.05, 0.1) is 12.1 Å². The highest BCUT2D eigenvalue weighted by Gasteiger charge is 2.07. The predicted molar refractivity (Wildman–Crippen MR) is 109 cm³/mol. The van der Waals surface area contributed by atoms with Gasteiger partial charge in [-0.2, -0.15) is 0 Å². The average molecular weight is 358 g/mol. The molecule has 132 valence electrons. The van der Waals surface area contributed by atoms with Gasteiger partial charge in [0.2, 0.25) is 0 Å². The topological polar surface area (TPSA) is 37.4 Å². The molecule has 25 heavy (non-hydrogen) atoms. The fourth-order valence-electron chi connectivity index (χ4n) is 2.70. The van der Waals surface area contributed by atoms with Crippen LogP contribution in [0.15, 0.2) is 48.5 Å². The van der Waals surface area contributed by atoms with Gasteiger partial charge in [0, 0.05) is 42.2 Å². The van der Waals surface area contributed by atoms with Crippen molar-refractivity contribution in [1.29, 1.82) is 0 Å². The van der Waals surface area contributed by atoms with Gasteiger partial charge in [0.25, 0.3) is 0 Å². The number of ether oxygens (including phenoxy) is 1. The molecule has 4 nitrogen and oxygen atoms in total. The zero-order valence-electron chi connectivity index (χ0n) is 15.0. The summed E-state index contributed by atoms with van der Waals surface area (Å²) in [7, 11) is 4.08. The third kappa shape index (κ3) is 4.34. The highest BCUT2D eigenvalue weighted by atomic mass is 35.5. The number of rotatable bonds is 5. The first-order valence-electron chi connectivity index (χ1n) is 8.15. The normalized spacial score (nSPS) is 10.2. The Morgan fingerprint density at radius 2 is 1.76 bits per heavy atom. The smallest absolute Gasteiger partial charge is 0.120 e. The number of benzene rings is 2. The summed E-state index contributed by atoms with van der Waals surface area (Å²) in [5.41, 5.74) is 5.21. The molecule has 3 aromatic rings. The van der Waals surface area contributed by atoms with E-state index in [1.54, 1.807) is 0 Å². The number of fused-ring (bicyclic) bond motifs is 1. The molecule has 1 aromatic heterocycles. The molecule has 1 heterocycles. The highest BCUT2D eigenvalue weighted by Crippen LogP contribution is 2.30. The molecule has 1 N–H and O–H groups in total. The molecular formula is C20H24ClN3O. The van der Waals surface area contributed by atoms with Crippen LogP contribution in [-0.4, -0.2) is 25.7 Å². The van der Waals surface area contributed by atoms with Crippen molar-refractivity contribution in [2.24, 2.45) is 0 Å². The third-order valence-corrected chi connectivity index (χ3v) is 3.88. The van der Waals surface area contributed by atoms with Crippen LogP contribution in [0.3, 0.4) is 0 Å². The van der Waals surface area contributed by atoms with E-state index < -0.39 is 0 Å². The van der Waals surface area contributed by atoms with E-state index in [-0.39, 0.29) is 12.4 Å². The van der Waals surface area contributed by atoms with Crippen LogP contribution in [-0.2, 0) is 0 Å². The lowest BCUT2D eigenvalue weighted by molar-refractivity contribution is 0.340. The lowest BCUT2D eigenvalue weighted by Crippen LogP contribution is -2.08. The minimum absolute atomic E-state index is 0. The van der Waals surface area contributed by atoms with Gasteiger partial charge in [-0.15, -0.1) is 12.4 Å².